The Morgan fingerprint density at radius 2 is 1.65 bits per heavy atom. The summed E-state index contributed by atoms with van der Waals surface area (Å²) in [6.07, 6.45) is 14.7. The van der Waals surface area contributed by atoms with E-state index in [1.165, 1.54) is 5.57 Å². The van der Waals surface area contributed by atoms with E-state index >= 15 is 0 Å². The molecule has 0 radical (unpaired) electrons. The second-order valence-electron chi connectivity index (χ2n) is 6.52. The van der Waals surface area contributed by atoms with Crippen LogP contribution in [-0.2, 0) is 4.79 Å². The lowest BCUT2D eigenvalue weighted by Crippen LogP contribution is -2.13. The van der Waals surface area contributed by atoms with E-state index in [2.05, 4.69) is 13.0 Å². The minimum Gasteiger partial charge on any atom is -0.392 e. The van der Waals surface area contributed by atoms with Crippen molar-refractivity contribution in [3.05, 3.63) is 47.1 Å². The molecule has 0 aliphatic carbocycles. The van der Waals surface area contributed by atoms with Gasteiger partial charge < -0.3 is 10.2 Å². The maximum atomic E-state index is 11.1. The van der Waals surface area contributed by atoms with Gasteiger partial charge in [-0.05, 0) is 65.4 Å². The van der Waals surface area contributed by atoms with Crippen LogP contribution in [0.1, 0.15) is 59.8 Å². The molecule has 0 spiro atoms. The van der Waals surface area contributed by atoms with Crippen molar-refractivity contribution >= 4 is 6.29 Å². The van der Waals surface area contributed by atoms with E-state index in [0.29, 0.717) is 0 Å². The number of aliphatic hydroxyl groups excluding tert-OH is 1. The van der Waals surface area contributed by atoms with E-state index in [4.69, 9.17) is 5.11 Å². The zero-order valence-electron chi connectivity index (χ0n) is 15.0. The van der Waals surface area contributed by atoms with Crippen molar-refractivity contribution < 1.29 is 15.0 Å². The number of aldehydes is 1. The molecule has 130 valence electrons. The minimum atomic E-state index is -0.768. The van der Waals surface area contributed by atoms with Gasteiger partial charge in [0.2, 0.25) is 0 Å². The quantitative estimate of drug-likeness (QED) is 0.339. The van der Waals surface area contributed by atoms with E-state index in [1.807, 2.05) is 19.1 Å². The minimum absolute atomic E-state index is 0.0715. The third-order valence-corrected chi connectivity index (χ3v) is 3.43. The number of carbonyl (C=O) groups is 1. The molecule has 0 fully saturated rings. The van der Waals surface area contributed by atoms with Gasteiger partial charge in [0.1, 0.15) is 6.29 Å². The van der Waals surface area contributed by atoms with Crippen LogP contribution < -0.4 is 0 Å². The molecule has 0 bridgehead atoms. The highest BCUT2D eigenvalue weighted by molar-refractivity contribution is 5.73. The summed E-state index contributed by atoms with van der Waals surface area (Å²) in [4.78, 5) is 11.1. The van der Waals surface area contributed by atoms with Gasteiger partial charge in [0.15, 0.2) is 0 Å². The summed E-state index contributed by atoms with van der Waals surface area (Å²) in [5, 5.41) is 18.4. The van der Waals surface area contributed by atoms with Crippen molar-refractivity contribution in [3.63, 3.8) is 0 Å². The zero-order valence-corrected chi connectivity index (χ0v) is 15.0. The van der Waals surface area contributed by atoms with Crippen LogP contribution in [0.3, 0.4) is 0 Å². The summed E-state index contributed by atoms with van der Waals surface area (Å²) < 4.78 is 0. The summed E-state index contributed by atoms with van der Waals surface area (Å²) in [5.41, 5.74) is 2.44. The third-order valence-electron chi connectivity index (χ3n) is 3.43. The lowest BCUT2D eigenvalue weighted by Gasteiger charge is -2.09. The number of hydrogen-bond acceptors (Lipinski definition) is 3. The number of carbonyl (C=O) groups excluding carboxylic acids is 1. The Morgan fingerprint density at radius 3 is 2.22 bits per heavy atom. The van der Waals surface area contributed by atoms with E-state index in [9.17, 15) is 9.90 Å². The Balaban J connectivity index is 4.24. The lowest BCUT2D eigenvalue weighted by atomic mass is 10.0. The molecule has 0 heterocycles. The van der Waals surface area contributed by atoms with Crippen LogP contribution >= 0.6 is 0 Å². The van der Waals surface area contributed by atoms with Gasteiger partial charge in [-0.3, -0.25) is 4.79 Å². The smallest absolute Gasteiger partial charge is 0.145 e. The Kier molecular flexibility index (Phi) is 11.3. The zero-order chi connectivity index (χ0) is 17.7. The van der Waals surface area contributed by atoms with Gasteiger partial charge in [0.05, 0.1) is 12.2 Å². The molecule has 0 saturated carbocycles. The lowest BCUT2D eigenvalue weighted by molar-refractivity contribution is -0.105. The van der Waals surface area contributed by atoms with E-state index < -0.39 is 5.60 Å². The maximum absolute atomic E-state index is 11.1. The highest BCUT2D eigenvalue weighted by Crippen LogP contribution is 2.12. The maximum Gasteiger partial charge on any atom is 0.145 e. The van der Waals surface area contributed by atoms with Crippen molar-refractivity contribution in [2.24, 2.45) is 0 Å². The Labute approximate surface area is 141 Å². The van der Waals surface area contributed by atoms with Gasteiger partial charge in [-0.2, -0.15) is 0 Å². The molecule has 0 aromatic carbocycles. The van der Waals surface area contributed by atoms with Crippen LogP contribution in [0.15, 0.2) is 47.1 Å². The fourth-order valence-corrected chi connectivity index (χ4v) is 2.05. The molecule has 23 heavy (non-hydrogen) atoms. The van der Waals surface area contributed by atoms with Gasteiger partial charge in [0.25, 0.3) is 0 Å². The molecule has 0 aromatic rings. The Hall–Kier alpha value is -1.45. The molecule has 0 amide bonds. The van der Waals surface area contributed by atoms with Gasteiger partial charge in [-0.25, -0.2) is 0 Å². The molecule has 0 aliphatic rings. The highest BCUT2D eigenvalue weighted by Gasteiger charge is 2.04. The molecule has 3 nitrogen and oxygen atoms in total. The van der Waals surface area contributed by atoms with Gasteiger partial charge in [-0.1, -0.05) is 41.5 Å². The first-order valence-corrected chi connectivity index (χ1v) is 8.25. The molecule has 0 atom stereocenters. The van der Waals surface area contributed by atoms with Crippen LogP contribution in [0.4, 0.5) is 0 Å². The molecule has 2 N–H and O–H groups in total. The topological polar surface area (TPSA) is 57.5 Å². The van der Waals surface area contributed by atoms with E-state index in [0.717, 1.165) is 49.5 Å². The molecule has 0 aliphatic heterocycles. The average Bonchev–Trinajstić information content (AvgIpc) is 2.44. The number of rotatable bonds is 11. The van der Waals surface area contributed by atoms with Crippen LogP contribution in [0, 0.1) is 0 Å². The normalized spacial score (nSPS) is 14.6. The molecule has 3 heteroatoms. The van der Waals surface area contributed by atoms with Gasteiger partial charge in [-0.15, -0.1) is 0 Å². The number of hydrogen-bond donors (Lipinski definition) is 2. The third kappa shape index (κ3) is 13.9. The van der Waals surface area contributed by atoms with Crippen molar-refractivity contribution in [1.82, 2.24) is 0 Å². The van der Waals surface area contributed by atoms with Gasteiger partial charge in [0, 0.05) is 0 Å². The van der Waals surface area contributed by atoms with E-state index in [1.54, 1.807) is 26.0 Å². The first-order valence-electron chi connectivity index (χ1n) is 8.25. The van der Waals surface area contributed by atoms with E-state index in [-0.39, 0.29) is 6.61 Å². The second-order valence-corrected chi connectivity index (χ2v) is 6.52. The fourth-order valence-electron chi connectivity index (χ4n) is 2.05. The number of allylic oxidation sites excluding steroid dienone is 6. The van der Waals surface area contributed by atoms with Crippen LogP contribution in [-0.4, -0.2) is 28.7 Å². The molecule has 0 saturated heterocycles. The first-order chi connectivity index (χ1) is 10.8. The Bertz CT molecular complexity index is 460. The summed E-state index contributed by atoms with van der Waals surface area (Å²) in [5.74, 6) is 0. The predicted octanol–water partition coefficient (Wildman–Crippen LogP) is 4.27. The van der Waals surface area contributed by atoms with Crippen molar-refractivity contribution in [2.45, 2.75) is 65.4 Å². The molecule has 0 rings (SSSR count). The summed E-state index contributed by atoms with van der Waals surface area (Å²) in [6.45, 7) is 7.62. The predicted molar refractivity (Wildman–Crippen MR) is 97.3 cm³/mol. The second kappa shape index (κ2) is 12.0. The molecule has 0 unspecified atom stereocenters. The fraction of sp³-hybridized carbons (Fsp3) is 0.550. The van der Waals surface area contributed by atoms with Crippen molar-refractivity contribution in [1.29, 1.82) is 0 Å². The van der Waals surface area contributed by atoms with Crippen molar-refractivity contribution in [2.75, 3.05) is 6.61 Å². The summed E-state index contributed by atoms with van der Waals surface area (Å²) in [7, 11) is 0. The van der Waals surface area contributed by atoms with Crippen LogP contribution in [0.5, 0.6) is 0 Å². The highest BCUT2D eigenvalue weighted by atomic mass is 16.3. The molecule has 0 aromatic heterocycles. The largest absolute Gasteiger partial charge is 0.392 e. The van der Waals surface area contributed by atoms with Crippen LogP contribution in [0.25, 0.3) is 0 Å². The van der Waals surface area contributed by atoms with Gasteiger partial charge >= 0.3 is 0 Å². The average molecular weight is 320 g/mol. The monoisotopic (exact) mass is 320 g/mol. The van der Waals surface area contributed by atoms with Crippen LogP contribution in [0.2, 0.25) is 0 Å². The Morgan fingerprint density at radius 1 is 1.00 bits per heavy atom. The SMILES string of the molecule is C/C(=C\CC/C(C=O)=C\CC/C(C)=C/CO)C/C=C/C(C)(C)O. The summed E-state index contributed by atoms with van der Waals surface area (Å²) in [6, 6.07) is 0. The summed E-state index contributed by atoms with van der Waals surface area (Å²) >= 11 is 0. The first kappa shape index (κ1) is 21.6. The van der Waals surface area contributed by atoms with Crippen molar-refractivity contribution in [3.8, 4) is 0 Å². The number of aliphatic hydroxyl groups is 2. The molecular formula is C20H32O3. The molecular weight excluding hydrogens is 288 g/mol. The standard InChI is InChI=1S/C20H32O3/c1-17(10-7-14-20(3,4)23)8-5-11-19(16-22)12-6-9-18(2)13-15-21/h7-8,12-14,16,21,23H,5-6,9-11,15H2,1-4H3/b14-7+,17-8+,18-13+,19-12+.